The molecule has 1 N–H and O–H groups in total. The molecule has 0 aliphatic carbocycles. The Morgan fingerprint density at radius 2 is 1.67 bits per heavy atom. The van der Waals surface area contributed by atoms with Gasteiger partial charge < -0.3 is 5.32 Å². The van der Waals surface area contributed by atoms with Gasteiger partial charge in [-0.1, -0.05) is 77.3 Å². The number of hydrogen-bond acceptors (Lipinski definition) is 3. The van der Waals surface area contributed by atoms with E-state index < -0.39 is 5.91 Å². The van der Waals surface area contributed by atoms with Crippen LogP contribution in [-0.4, -0.2) is 20.7 Å². The molecule has 0 bridgehead atoms. The highest BCUT2D eigenvalue weighted by molar-refractivity contribution is 6.42. The number of aryl methyl sites for hydroxylation is 1. The number of anilines is 1. The lowest BCUT2D eigenvalue weighted by atomic mass is 10.1. The van der Waals surface area contributed by atoms with E-state index in [1.165, 1.54) is 0 Å². The normalized spacial score (nSPS) is 11.0. The maximum absolute atomic E-state index is 13.1. The van der Waals surface area contributed by atoms with Gasteiger partial charge in [0.15, 0.2) is 5.82 Å². The van der Waals surface area contributed by atoms with Crippen LogP contribution in [0.4, 0.5) is 5.69 Å². The van der Waals surface area contributed by atoms with Gasteiger partial charge in [0.2, 0.25) is 5.82 Å². The first kappa shape index (κ1) is 21.2. The van der Waals surface area contributed by atoms with Crippen molar-refractivity contribution < 1.29 is 4.79 Å². The number of benzene rings is 4. The van der Waals surface area contributed by atoms with Gasteiger partial charge in [-0.15, -0.1) is 5.10 Å². The number of halogens is 2. The van der Waals surface area contributed by atoms with Crippen LogP contribution in [0.1, 0.15) is 16.2 Å². The molecule has 33 heavy (non-hydrogen) atoms. The Morgan fingerprint density at radius 1 is 0.848 bits per heavy atom. The molecule has 0 aliphatic rings. The Hall–Kier alpha value is -3.67. The van der Waals surface area contributed by atoms with Crippen molar-refractivity contribution in [1.82, 2.24) is 14.8 Å². The molecule has 5 nitrogen and oxygen atoms in total. The first-order valence-corrected chi connectivity index (χ1v) is 11.0. The summed E-state index contributed by atoms with van der Waals surface area (Å²) < 4.78 is 1.60. The van der Waals surface area contributed by atoms with Gasteiger partial charge in [0.1, 0.15) is 0 Å². The summed E-state index contributed by atoms with van der Waals surface area (Å²) in [6.45, 7) is 2.00. The van der Waals surface area contributed by atoms with Crippen LogP contribution in [0.5, 0.6) is 0 Å². The molecule has 4 aromatic carbocycles. The van der Waals surface area contributed by atoms with E-state index in [0.29, 0.717) is 27.2 Å². The number of aromatic nitrogens is 3. The number of amides is 1. The standard InChI is InChI=1S/C26H18Cl2N4O/c1-16-5-4-8-19(13-16)25-30-24(31-32(25)21-11-12-22(27)23(28)15-21)26(33)29-20-10-9-17-6-2-3-7-18(17)14-20/h2-15H,1H3,(H,29,33). The fraction of sp³-hybridized carbons (Fsp3) is 0.0385. The van der Waals surface area contributed by atoms with Gasteiger partial charge in [-0.25, -0.2) is 9.67 Å². The SMILES string of the molecule is Cc1cccc(-c2nc(C(=O)Nc3ccc4ccccc4c3)nn2-c2ccc(Cl)c(Cl)c2)c1. The lowest BCUT2D eigenvalue weighted by Crippen LogP contribution is -2.14. The van der Waals surface area contributed by atoms with E-state index in [2.05, 4.69) is 15.4 Å². The molecule has 1 heterocycles. The van der Waals surface area contributed by atoms with E-state index in [4.69, 9.17) is 23.2 Å². The number of nitrogens with one attached hydrogen (secondary N) is 1. The number of rotatable bonds is 4. The summed E-state index contributed by atoms with van der Waals surface area (Å²) in [6.07, 6.45) is 0. The average Bonchev–Trinajstić information content (AvgIpc) is 3.27. The zero-order valence-electron chi connectivity index (χ0n) is 17.6. The largest absolute Gasteiger partial charge is 0.319 e. The smallest absolute Gasteiger partial charge is 0.295 e. The number of carbonyl (C=O) groups is 1. The Morgan fingerprint density at radius 3 is 2.45 bits per heavy atom. The molecule has 0 aliphatic heterocycles. The quantitative estimate of drug-likeness (QED) is 0.307. The van der Waals surface area contributed by atoms with E-state index in [1.54, 1.807) is 22.9 Å². The van der Waals surface area contributed by atoms with Gasteiger partial charge in [-0.3, -0.25) is 4.79 Å². The van der Waals surface area contributed by atoms with Gasteiger partial charge >= 0.3 is 0 Å². The molecule has 0 saturated carbocycles. The fourth-order valence-electron chi connectivity index (χ4n) is 3.63. The molecule has 0 unspecified atom stereocenters. The lowest BCUT2D eigenvalue weighted by Gasteiger charge is -2.07. The predicted octanol–water partition coefficient (Wildman–Crippen LogP) is 6.96. The zero-order valence-corrected chi connectivity index (χ0v) is 19.1. The predicted molar refractivity (Wildman–Crippen MR) is 133 cm³/mol. The minimum absolute atomic E-state index is 0.0470. The second kappa shape index (κ2) is 8.70. The molecule has 5 rings (SSSR count). The first-order valence-electron chi connectivity index (χ1n) is 10.3. The summed E-state index contributed by atoms with van der Waals surface area (Å²) in [6, 6.07) is 26.7. The third-order valence-electron chi connectivity index (χ3n) is 5.24. The van der Waals surface area contributed by atoms with Crippen LogP contribution in [0.2, 0.25) is 10.0 Å². The van der Waals surface area contributed by atoms with Gasteiger partial charge in [0, 0.05) is 11.3 Å². The number of nitrogens with zero attached hydrogens (tertiary/aromatic N) is 3. The summed E-state index contributed by atoms with van der Waals surface area (Å²) in [5.74, 6) is 0.171. The average molecular weight is 473 g/mol. The molecule has 0 atom stereocenters. The Labute approximate surface area is 200 Å². The van der Waals surface area contributed by atoms with Crippen molar-refractivity contribution in [2.75, 3.05) is 5.32 Å². The summed E-state index contributed by atoms with van der Waals surface area (Å²) in [4.78, 5) is 17.6. The number of hydrogen-bond donors (Lipinski definition) is 1. The molecule has 0 spiro atoms. The second-order valence-electron chi connectivity index (χ2n) is 7.65. The first-order chi connectivity index (χ1) is 16.0. The molecule has 0 radical (unpaired) electrons. The fourth-order valence-corrected chi connectivity index (χ4v) is 3.92. The molecular weight excluding hydrogens is 455 g/mol. The summed E-state index contributed by atoms with van der Waals surface area (Å²) in [5.41, 5.74) is 3.22. The van der Waals surface area contributed by atoms with Crippen molar-refractivity contribution in [3.05, 3.63) is 106 Å². The van der Waals surface area contributed by atoms with Gasteiger partial charge in [-0.05, 0) is 54.1 Å². The van der Waals surface area contributed by atoms with Crippen molar-refractivity contribution in [2.45, 2.75) is 6.92 Å². The van der Waals surface area contributed by atoms with Gasteiger partial charge in [0.05, 0.1) is 15.7 Å². The lowest BCUT2D eigenvalue weighted by molar-refractivity contribution is 0.101. The maximum Gasteiger partial charge on any atom is 0.295 e. The number of fused-ring (bicyclic) bond motifs is 1. The highest BCUT2D eigenvalue weighted by atomic mass is 35.5. The van der Waals surface area contributed by atoms with Crippen molar-refractivity contribution in [3.63, 3.8) is 0 Å². The van der Waals surface area contributed by atoms with Crippen LogP contribution in [0, 0.1) is 6.92 Å². The molecule has 1 amide bonds. The molecule has 162 valence electrons. The Balaban J connectivity index is 1.55. The van der Waals surface area contributed by atoms with E-state index in [1.807, 2.05) is 73.7 Å². The zero-order chi connectivity index (χ0) is 22.9. The highest BCUT2D eigenvalue weighted by Gasteiger charge is 2.20. The molecule has 7 heteroatoms. The third-order valence-corrected chi connectivity index (χ3v) is 5.98. The van der Waals surface area contributed by atoms with E-state index in [-0.39, 0.29) is 5.82 Å². The van der Waals surface area contributed by atoms with Crippen molar-refractivity contribution in [2.24, 2.45) is 0 Å². The second-order valence-corrected chi connectivity index (χ2v) is 8.47. The minimum Gasteiger partial charge on any atom is -0.319 e. The van der Waals surface area contributed by atoms with E-state index in [0.717, 1.165) is 21.9 Å². The summed E-state index contributed by atoms with van der Waals surface area (Å²) in [7, 11) is 0. The molecule has 5 aromatic rings. The van der Waals surface area contributed by atoms with Crippen molar-refractivity contribution in [1.29, 1.82) is 0 Å². The van der Waals surface area contributed by atoms with Crippen LogP contribution < -0.4 is 5.32 Å². The Kier molecular flexibility index (Phi) is 5.58. The van der Waals surface area contributed by atoms with Crippen LogP contribution in [0.25, 0.3) is 27.8 Å². The van der Waals surface area contributed by atoms with Crippen LogP contribution in [0.15, 0.2) is 84.9 Å². The monoisotopic (exact) mass is 472 g/mol. The van der Waals surface area contributed by atoms with Crippen LogP contribution >= 0.6 is 23.2 Å². The number of carbonyl (C=O) groups excluding carboxylic acids is 1. The molecule has 0 saturated heterocycles. The highest BCUT2D eigenvalue weighted by Crippen LogP contribution is 2.28. The third kappa shape index (κ3) is 4.33. The molecule has 1 aromatic heterocycles. The molecule has 0 fully saturated rings. The van der Waals surface area contributed by atoms with Crippen molar-refractivity contribution >= 4 is 45.6 Å². The van der Waals surface area contributed by atoms with Crippen LogP contribution in [-0.2, 0) is 0 Å². The minimum atomic E-state index is -0.405. The summed E-state index contributed by atoms with van der Waals surface area (Å²) >= 11 is 12.3. The maximum atomic E-state index is 13.1. The van der Waals surface area contributed by atoms with Crippen LogP contribution in [0.3, 0.4) is 0 Å². The topological polar surface area (TPSA) is 59.8 Å². The van der Waals surface area contributed by atoms with E-state index in [9.17, 15) is 4.79 Å². The Bertz CT molecular complexity index is 1510. The van der Waals surface area contributed by atoms with Gasteiger partial charge in [0.25, 0.3) is 5.91 Å². The summed E-state index contributed by atoms with van der Waals surface area (Å²) in [5, 5.41) is 10.4. The molecular formula is C26H18Cl2N4O. The van der Waals surface area contributed by atoms with Crippen molar-refractivity contribution in [3.8, 4) is 17.1 Å². The van der Waals surface area contributed by atoms with Gasteiger partial charge in [-0.2, -0.15) is 0 Å². The van der Waals surface area contributed by atoms with E-state index >= 15 is 0 Å².